The summed E-state index contributed by atoms with van der Waals surface area (Å²) in [6, 6.07) is 122. The Morgan fingerprint density at radius 2 is 0.381 bits per heavy atom. The van der Waals surface area contributed by atoms with E-state index >= 15 is 0 Å². The number of rotatable bonds is 46. The van der Waals surface area contributed by atoms with Crippen molar-refractivity contribution in [2.45, 2.75) is 221 Å². The van der Waals surface area contributed by atoms with Crippen LogP contribution in [0.3, 0.4) is 0 Å². The van der Waals surface area contributed by atoms with Crippen molar-refractivity contribution in [1.82, 2.24) is 8.75 Å². The van der Waals surface area contributed by atoms with E-state index in [0.29, 0.717) is 0 Å². The Bertz CT molecular complexity index is 6550. The number of hydrogen-bond acceptors (Lipinski definition) is 13. The second-order valence-electron chi connectivity index (χ2n) is 39.3. The molecule has 0 aliphatic carbocycles. The molecule has 15 aromatic carbocycles. The van der Waals surface area contributed by atoms with Gasteiger partial charge in [0.05, 0.1) is 57.2 Å². The van der Waals surface area contributed by atoms with Crippen LogP contribution in [0.2, 0.25) is 0 Å². The highest BCUT2D eigenvalue weighted by atomic mass is 32.2. The van der Waals surface area contributed by atoms with Gasteiger partial charge in [0.1, 0.15) is 11.0 Å². The van der Waals surface area contributed by atoms with Gasteiger partial charge in [-0.15, -0.1) is 0 Å². The lowest BCUT2D eigenvalue weighted by molar-refractivity contribution is 0.608. The van der Waals surface area contributed by atoms with Crippen molar-refractivity contribution < 1.29 is 0 Å². The summed E-state index contributed by atoms with van der Waals surface area (Å²) in [6.07, 6.45) is 57.6. The van der Waals surface area contributed by atoms with Crippen molar-refractivity contribution in [2.75, 3.05) is 55.6 Å². The highest BCUT2D eigenvalue weighted by molar-refractivity contribution is 8.00. The van der Waals surface area contributed by atoms with Crippen LogP contribution in [0.25, 0.3) is 83.9 Å². The summed E-state index contributed by atoms with van der Waals surface area (Å²) in [7, 11) is 0. The first-order valence-electron chi connectivity index (χ1n) is 54.0. The van der Waals surface area contributed by atoms with E-state index < -0.39 is 0 Å². The lowest BCUT2D eigenvalue weighted by atomic mass is 10.0. The largest absolute Gasteiger partial charge is 0.340 e. The lowest BCUT2D eigenvalue weighted by Gasteiger charge is -2.33. The maximum Gasteiger partial charge on any atom is 0.112 e. The molecule has 0 saturated heterocycles. The van der Waals surface area contributed by atoms with Gasteiger partial charge in [0, 0.05) is 111 Å². The SMILES string of the molecule is CCCCCCCCN1c2ccccc2Sc2cc(/C=C/c3ccc(N(c4ccc(/C=C/c5ccc6c(c5)Sc5ccccc5N6CCCCCCCC)cc4)c4ccc(/C=C/c5ccc(/C=C/c6ccc(N(c7ccc(/C=C/c8ccc9c(c8)Sc8ccccc8N9CCCCCCCC)cc7)c7ccc(/C=C/c8ccc9c(c8)Sc8ccccc8N9CCCCCCCC)cc7)cc6)c6nsnc56)cc4)cc3)ccc21. The third-order valence-electron chi connectivity index (χ3n) is 28.7. The topological polar surface area (TPSA) is 45.2 Å². The third-order valence-corrected chi connectivity index (χ3v) is 33.7. The molecule has 4 aliphatic heterocycles. The van der Waals surface area contributed by atoms with Crippen LogP contribution in [0.5, 0.6) is 0 Å². The van der Waals surface area contributed by atoms with Crippen LogP contribution in [0, 0.1) is 0 Å². The van der Waals surface area contributed by atoms with E-state index in [1.807, 2.05) is 47.0 Å². The highest BCUT2D eigenvalue weighted by Gasteiger charge is 2.29. The molecular formula is C134H134N8S5. The van der Waals surface area contributed by atoms with Gasteiger partial charge in [-0.1, -0.05) is 434 Å². The van der Waals surface area contributed by atoms with Gasteiger partial charge < -0.3 is 29.4 Å². The number of fused-ring (bicyclic) bond motifs is 9. The second-order valence-corrected chi connectivity index (χ2v) is 44.2. The molecule has 0 saturated carbocycles. The maximum atomic E-state index is 4.93. The van der Waals surface area contributed by atoms with E-state index in [4.69, 9.17) is 8.75 Å². The van der Waals surface area contributed by atoms with E-state index in [9.17, 15) is 0 Å². The van der Waals surface area contributed by atoms with Crippen LogP contribution in [0.1, 0.15) is 249 Å². The first-order valence-corrected chi connectivity index (χ1v) is 58.0. The van der Waals surface area contributed by atoms with Crippen LogP contribution in [0.4, 0.5) is 79.6 Å². The zero-order valence-corrected chi connectivity index (χ0v) is 89.6. The highest BCUT2D eigenvalue weighted by Crippen LogP contribution is 2.54. The molecule has 0 atom stereocenters. The Kier molecular flexibility index (Phi) is 34.7. The smallest absolute Gasteiger partial charge is 0.112 e. The molecule has 0 amide bonds. The Labute approximate surface area is 894 Å². The monoisotopic (exact) mass is 2010 g/mol. The van der Waals surface area contributed by atoms with Crippen molar-refractivity contribution in [3.8, 4) is 0 Å². The first-order chi connectivity index (χ1) is 72.7. The molecule has 4 aliphatic rings. The lowest BCUT2D eigenvalue weighted by Crippen LogP contribution is -2.22. The minimum absolute atomic E-state index is 0.882. The molecule has 0 radical (unpaired) electrons. The molecule has 8 nitrogen and oxygen atoms in total. The first kappa shape index (κ1) is 101. The molecule has 0 N–H and O–H groups in total. The van der Waals surface area contributed by atoms with Crippen molar-refractivity contribution in [3.63, 3.8) is 0 Å². The quantitative estimate of drug-likeness (QED) is 0.0270. The zero-order valence-electron chi connectivity index (χ0n) is 85.5. The van der Waals surface area contributed by atoms with Crippen molar-refractivity contribution in [2.24, 2.45) is 0 Å². The summed E-state index contributed by atoms with van der Waals surface area (Å²) in [5.74, 6) is 0. The fraction of sp³-hybridized carbons (Fsp3) is 0.239. The average molecular weight is 2020 g/mol. The van der Waals surface area contributed by atoms with Crippen LogP contribution < -0.4 is 29.4 Å². The molecule has 13 heteroatoms. The number of anilines is 14. The van der Waals surface area contributed by atoms with Crippen molar-refractivity contribution in [3.05, 3.63) is 394 Å². The molecule has 1 aromatic heterocycles. The van der Waals surface area contributed by atoms with Crippen LogP contribution >= 0.6 is 58.8 Å². The summed E-state index contributed by atoms with van der Waals surface area (Å²) in [6.45, 7) is 13.3. The summed E-state index contributed by atoms with van der Waals surface area (Å²) in [5, 5.41) is 0. The standard InChI is InChI=1S/C134H134N8S5/c1-5-9-13-17-21-33-91-137-117-37-25-29-41-125(117)143-129-95-105(67-87-121(129)137)49-45-99-55-75-111(76-56-99)141(112-77-57-100(58-78-112)46-50-106-68-88-122-130(96-106)144-126-42-30-26-38-118(126)138(122)92-34-22-18-14-10-6-2)115-83-63-103(64-84-115)53-71-109-73-74-110(134-133(109)135-147-136-134)72-54-104-65-85-116(86-66-104)142(113-79-59-101(60-80-113)47-51-107-69-89-123-131(97-107)145-127-43-31-27-39-119(127)139(123)93-35-23-19-15-11-7-3)114-81-61-102(62-82-114)48-52-108-70-90-124-132(98-108)146-128-44-32-28-40-120(128)140(124)94-36-24-20-16-12-8-4/h25-32,37-90,95-98H,5-24,33-36,91-94H2,1-4H3/b49-45+,50-46+,51-47+,52-48+,71-53+,72-54+. The number of unbranched alkanes of at least 4 members (excludes halogenated alkanes) is 20. The third kappa shape index (κ3) is 25.3. The minimum Gasteiger partial charge on any atom is -0.340 e. The number of hydrogen-bond donors (Lipinski definition) is 0. The number of para-hydroxylation sites is 4. The molecule has 0 bridgehead atoms. The second kappa shape index (κ2) is 50.4. The molecule has 147 heavy (non-hydrogen) atoms. The van der Waals surface area contributed by atoms with Crippen molar-refractivity contribution >= 4 is 222 Å². The van der Waals surface area contributed by atoms with Gasteiger partial charge in [0.2, 0.25) is 0 Å². The number of aromatic nitrogens is 2. The predicted octanol–water partition coefficient (Wildman–Crippen LogP) is 41.5. The Morgan fingerprint density at radius 3 is 0.612 bits per heavy atom. The number of nitrogens with zero attached hydrogens (tertiary/aromatic N) is 8. The Hall–Kier alpha value is -13.2. The summed E-state index contributed by atoms with van der Waals surface area (Å²) in [4.78, 5) is 25.5. The Balaban J connectivity index is 0.537. The van der Waals surface area contributed by atoms with E-state index in [2.05, 4.69) is 458 Å². The molecule has 0 spiro atoms. The fourth-order valence-corrected chi connectivity index (χ4v) is 25.8. The van der Waals surface area contributed by atoms with E-state index in [0.717, 1.165) is 116 Å². The van der Waals surface area contributed by atoms with E-state index in [-0.39, 0.29) is 0 Å². The molecular weight excluding hydrogens is 1880 g/mol. The van der Waals surface area contributed by atoms with E-state index in [1.54, 1.807) is 0 Å². The molecule has 16 aromatic rings. The normalized spacial score (nSPS) is 13.1. The minimum atomic E-state index is 0.882. The fourth-order valence-electron chi connectivity index (χ4n) is 20.6. The van der Waals surface area contributed by atoms with Gasteiger partial charge in [-0.05, 0) is 251 Å². The molecule has 0 unspecified atom stereocenters. The average Bonchev–Trinajstić information content (AvgIpc) is 1.74. The molecule has 5 heterocycles. The summed E-state index contributed by atoms with van der Waals surface area (Å²) < 4.78 is 9.86. The molecule has 20 rings (SSSR count). The van der Waals surface area contributed by atoms with Crippen LogP contribution in [-0.2, 0) is 0 Å². The van der Waals surface area contributed by atoms with Gasteiger partial charge in [-0.25, -0.2) is 0 Å². The van der Waals surface area contributed by atoms with Gasteiger partial charge in [-0.2, -0.15) is 8.75 Å². The Morgan fingerprint density at radius 1 is 0.190 bits per heavy atom. The van der Waals surface area contributed by atoms with Crippen LogP contribution in [-0.4, -0.2) is 34.9 Å². The van der Waals surface area contributed by atoms with Crippen molar-refractivity contribution in [1.29, 1.82) is 0 Å². The zero-order chi connectivity index (χ0) is 99.7. The van der Waals surface area contributed by atoms with Gasteiger partial charge >= 0.3 is 0 Å². The van der Waals surface area contributed by atoms with Gasteiger partial charge in [-0.3, -0.25) is 0 Å². The van der Waals surface area contributed by atoms with Crippen LogP contribution in [0.15, 0.2) is 367 Å². The summed E-state index contributed by atoms with van der Waals surface area (Å²) >= 11 is 8.82. The van der Waals surface area contributed by atoms with Gasteiger partial charge in [0.15, 0.2) is 0 Å². The molecule has 740 valence electrons. The maximum absolute atomic E-state index is 4.93. The summed E-state index contributed by atoms with van der Waals surface area (Å²) in [5.41, 5.74) is 32.2. The number of benzene rings is 15. The van der Waals surface area contributed by atoms with E-state index in [1.165, 1.54) is 273 Å². The van der Waals surface area contributed by atoms with Gasteiger partial charge in [0.25, 0.3) is 0 Å². The molecule has 0 fully saturated rings. The predicted molar refractivity (Wildman–Crippen MR) is 643 cm³/mol.